The van der Waals surface area contributed by atoms with Crippen LogP contribution in [0.1, 0.15) is 25.3 Å². The second-order valence-electron chi connectivity index (χ2n) is 6.02. The van der Waals surface area contributed by atoms with E-state index in [1.165, 1.54) is 5.56 Å². The van der Waals surface area contributed by atoms with Crippen LogP contribution in [0.2, 0.25) is 5.02 Å². The van der Waals surface area contributed by atoms with Gasteiger partial charge in [0.1, 0.15) is 6.04 Å². The highest BCUT2D eigenvalue weighted by atomic mass is 35.5. The number of ether oxygens (including phenoxy) is 1. The van der Waals surface area contributed by atoms with Crippen molar-refractivity contribution in [3.05, 3.63) is 34.9 Å². The van der Waals surface area contributed by atoms with Gasteiger partial charge in [0.2, 0.25) is 5.91 Å². The number of hydrogen-bond acceptors (Lipinski definition) is 3. The number of benzene rings is 1. The van der Waals surface area contributed by atoms with Gasteiger partial charge in [0.15, 0.2) is 0 Å². The van der Waals surface area contributed by atoms with Crippen molar-refractivity contribution >= 4 is 17.5 Å². The minimum Gasteiger partial charge on any atom is -0.375 e. The maximum atomic E-state index is 12.3. The molecule has 2 N–H and O–H groups in total. The van der Waals surface area contributed by atoms with Gasteiger partial charge >= 0.3 is 0 Å². The highest BCUT2D eigenvalue weighted by Gasteiger charge is 2.45. The molecule has 21 heavy (non-hydrogen) atoms. The van der Waals surface area contributed by atoms with Gasteiger partial charge in [-0.25, -0.2) is 0 Å². The van der Waals surface area contributed by atoms with Crippen LogP contribution in [-0.4, -0.2) is 37.7 Å². The molecular weight excluding hydrogens is 288 g/mol. The number of morpholine rings is 1. The second kappa shape index (κ2) is 5.95. The Morgan fingerprint density at radius 2 is 2.33 bits per heavy atom. The van der Waals surface area contributed by atoms with Crippen molar-refractivity contribution in [1.29, 1.82) is 0 Å². The third kappa shape index (κ3) is 3.23. The molecule has 5 heteroatoms. The number of hydrogen-bond donors (Lipinski definition) is 2. The molecule has 2 atom stereocenters. The topological polar surface area (TPSA) is 50.4 Å². The van der Waals surface area contributed by atoms with Crippen LogP contribution in [0.4, 0.5) is 0 Å². The van der Waals surface area contributed by atoms with Gasteiger partial charge in [0.05, 0.1) is 12.7 Å². The van der Waals surface area contributed by atoms with Gasteiger partial charge in [-0.2, -0.15) is 0 Å². The van der Waals surface area contributed by atoms with Gasteiger partial charge in [-0.1, -0.05) is 23.7 Å². The zero-order chi connectivity index (χ0) is 14.9. The molecule has 1 saturated heterocycles. The van der Waals surface area contributed by atoms with Crippen molar-refractivity contribution in [1.82, 2.24) is 10.6 Å². The van der Waals surface area contributed by atoms with Crippen LogP contribution < -0.4 is 10.6 Å². The molecule has 114 valence electrons. The van der Waals surface area contributed by atoms with Crippen molar-refractivity contribution < 1.29 is 9.53 Å². The molecule has 0 unspecified atom stereocenters. The van der Waals surface area contributed by atoms with Crippen LogP contribution in [0.5, 0.6) is 0 Å². The molecule has 0 bridgehead atoms. The molecular formula is C16H21ClN2O2. The molecule has 1 heterocycles. The largest absolute Gasteiger partial charge is 0.375 e. The Labute approximate surface area is 130 Å². The standard InChI is InChI=1S/C16H21ClN2O2/c1-11-14(18-7-8-21-11)15(20)19-10-16(5-6-16)12-3-2-4-13(17)9-12/h2-4,9,11,14,18H,5-8,10H2,1H3,(H,19,20)/t11-,14+/m1/s1. The van der Waals surface area contributed by atoms with E-state index in [-0.39, 0.29) is 23.5 Å². The van der Waals surface area contributed by atoms with Gasteiger partial charge in [-0.3, -0.25) is 4.79 Å². The predicted molar refractivity (Wildman–Crippen MR) is 82.6 cm³/mol. The maximum absolute atomic E-state index is 12.3. The molecule has 0 radical (unpaired) electrons. The van der Waals surface area contributed by atoms with Crippen LogP contribution in [0.25, 0.3) is 0 Å². The normalized spacial score (nSPS) is 27.1. The quantitative estimate of drug-likeness (QED) is 0.893. The van der Waals surface area contributed by atoms with E-state index in [1.54, 1.807) is 0 Å². The Morgan fingerprint density at radius 3 is 3.00 bits per heavy atom. The lowest BCUT2D eigenvalue weighted by Gasteiger charge is -2.30. The Hall–Kier alpha value is -1.10. The Balaban J connectivity index is 1.61. The molecule has 1 aliphatic heterocycles. The minimum atomic E-state index is -0.256. The summed E-state index contributed by atoms with van der Waals surface area (Å²) in [7, 11) is 0. The summed E-state index contributed by atoms with van der Waals surface area (Å²) in [6, 6.07) is 7.69. The molecule has 1 aromatic rings. The Bertz CT molecular complexity index is 531. The summed E-state index contributed by atoms with van der Waals surface area (Å²) in [6.07, 6.45) is 2.11. The van der Waals surface area contributed by atoms with Crippen LogP contribution in [-0.2, 0) is 14.9 Å². The molecule has 4 nitrogen and oxygen atoms in total. The van der Waals surface area contributed by atoms with E-state index in [9.17, 15) is 4.79 Å². The third-order valence-electron chi connectivity index (χ3n) is 4.49. The number of amides is 1. The van der Waals surface area contributed by atoms with Crippen molar-refractivity contribution in [2.24, 2.45) is 0 Å². The molecule has 3 rings (SSSR count). The van der Waals surface area contributed by atoms with E-state index in [2.05, 4.69) is 16.7 Å². The highest BCUT2D eigenvalue weighted by molar-refractivity contribution is 6.30. The summed E-state index contributed by atoms with van der Waals surface area (Å²) in [5.74, 6) is 0.0236. The van der Waals surface area contributed by atoms with E-state index < -0.39 is 0 Å². The Kier molecular flexibility index (Phi) is 4.20. The number of nitrogens with one attached hydrogen (secondary N) is 2. The van der Waals surface area contributed by atoms with Gasteiger partial charge in [0, 0.05) is 23.5 Å². The SMILES string of the molecule is C[C@H]1OCCN[C@@H]1C(=O)NCC1(c2cccc(Cl)c2)CC1. The van der Waals surface area contributed by atoms with Crippen molar-refractivity contribution in [3.63, 3.8) is 0 Å². The van der Waals surface area contributed by atoms with Crippen molar-refractivity contribution in [3.8, 4) is 0 Å². The van der Waals surface area contributed by atoms with Gasteiger partial charge in [-0.05, 0) is 37.5 Å². The summed E-state index contributed by atoms with van der Waals surface area (Å²) in [6.45, 7) is 3.98. The lowest BCUT2D eigenvalue weighted by molar-refractivity contribution is -0.129. The van der Waals surface area contributed by atoms with Crippen LogP contribution >= 0.6 is 11.6 Å². The van der Waals surface area contributed by atoms with E-state index in [1.807, 2.05) is 25.1 Å². The summed E-state index contributed by atoms with van der Waals surface area (Å²) >= 11 is 6.07. The fraction of sp³-hybridized carbons (Fsp3) is 0.562. The summed E-state index contributed by atoms with van der Waals surface area (Å²) in [4.78, 5) is 12.3. The minimum absolute atomic E-state index is 0.0236. The smallest absolute Gasteiger partial charge is 0.239 e. The second-order valence-corrected chi connectivity index (χ2v) is 6.45. The molecule has 1 aliphatic carbocycles. The Morgan fingerprint density at radius 1 is 1.52 bits per heavy atom. The monoisotopic (exact) mass is 308 g/mol. The fourth-order valence-electron chi connectivity index (χ4n) is 2.93. The van der Waals surface area contributed by atoms with Crippen LogP contribution in [0.3, 0.4) is 0 Å². The molecule has 2 fully saturated rings. The maximum Gasteiger partial charge on any atom is 0.239 e. The van der Waals surface area contributed by atoms with E-state index >= 15 is 0 Å². The predicted octanol–water partition coefficient (Wildman–Crippen LogP) is 1.86. The average molecular weight is 309 g/mol. The summed E-state index contributed by atoms with van der Waals surface area (Å²) in [5.41, 5.74) is 1.29. The van der Waals surface area contributed by atoms with Crippen molar-refractivity contribution in [2.45, 2.75) is 37.3 Å². The molecule has 1 amide bonds. The number of halogens is 1. The van der Waals surface area contributed by atoms with Gasteiger partial charge in [0.25, 0.3) is 0 Å². The van der Waals surface area contributed by atoms with Gasteiger partial charge in [-0.15, -0.1) is 0 Å². The number of carbonyl (C=O) groups is 1. The first-order valence-electron chi connectivity index (χ1n) is 7.49. The first kappa shape index (κ1) is 14.8. The van der Waals surface area contributed by atoms with E-state index in [4.69, 9.17) is 16.3 Å². The molecule has 0 aromatic heterocycles. The molecule has 2 aliphatic rings. The molecule has 0 spiro atoms. The average Bonchev–Trinajstić information content (AvgIpc) is 3.26. The van der Waals surface area contributed by atoms with Crippen LogP contribution in [0.15, 0.2) is 24.3 Å². The highest BCUT2D eigenvalue weighted by Crippen LogP contribution is 2.48. The van der Waals surface area contributed by atoms with E-state index in [0.29, 0.717) is 13.2 Å². The number of rotatable bonds is 4. The lowest BCUT2D eigenvalue weighted by Crippen LogP contribution is -2.56. The number of carbonyl (C=O) groups excluding carboxylic acids is 1. The third-order valence-corrected chi connectivity index (χ3v) is 4.73. The van der Waals surface area contributed by atoms with E-state index in [0.717, 1.165) is 24.4 Å². The zero-order valence-corrected chi connectivity index (χ0v) is 13.0. The zero-order valence-electron chi connectivity index (χ0n) is 12.2. The van der Waals surface area contributed by atoms with Crippen molar-refractivity contribution in [2.75, 3.05) is 19.7 Å². The lowest BCUT2D eigenvalue weighted by atomic mass is 9.95. The summed E-state index contributed by atoms with van der Waals surface area (Å²) in [5, 5.41) is 7.05. The first-order valence-corrected chi connectivity index (χ1v) is 7.87. The summed E-state index contributed by atoms with van der Waals surface area (Å²) < 4.78 is 5.52. The van der Waals surface area contributed by atoms with Gasteiger partial charge < -0.3 is 15.4 Å². The fourth-order valence-corrected chi connectivity index (χ4v) is 3.12. The first-order chi connectivity index (χ1) is 10.1. The van der Waals surface area contributed by atoms with Crippen LogP contribution in [0, 0.1) is 0 Å². The molecule has 1 saturated carbocycles. The molecule has 1 aromatic carbocycles.